The van der Waals surface area contributed by atoms with Gasteiger partial charge in [-0.25, -0.2) is 4.98 Å². The molecule has 0 saturated heterocycles. The van der Waals surface area contributed by atoms with Gasteiger partial charge in [-0.1, -0.05) is 6.92 Å². The van der Waals surface area contributed by atoms with Gasteiger partial charge in [-0.15, -0.1) is 11.3 Å². The number of hydrogen-bond donors (Lipinski definition) is 0. The summed E-state index contributed by atoms with van der Waals surface area (Å²) in [6, 6.07) is 0. The smallest absolute Gasteiger partial charge is 0.123 e. The molecule has 0 aliphatic rings. The summed E-state index contributed by atoms with van der Waals surface area (Å²) in [5, 5.41) is 3.08. The van der Waals surface area contributed by atoms with Gasteiger partial charge in [0.15, 0.2) is 0 Å². The highest BCUT2D eigenvalue weighted by Crippen LogP contribution is 2.11. The summed E-state index contributed by atoms with van der Waals surface area (Å²) in [6.45, 7) is 3.88. The Labute approximate surface area is 70.3 Å². The van der Waals surface area contributed by atoms with Gasteiger partial charge < -0.3 is 4.79 Å². The Kier molecular flexibility index (Phi) is 2.76. The first-order chi connectivity index (χ1) is 5.22. The molecule has 0 fully saturated rings. The number of rotatable bonds is 3. The lowest BCUT2D eigenvalue weighted by molar-refractivity contribution is -0.110. The standard InChI is InChI=1S/C8H11NOS/c1-6(4-10)3-8-5-11-7(2)9-8/h4-6H,3H2,1-2H3. The maximum atomic E-state index is 10.3. The van der Waals surface area contributed by atoms with Crippen LogP contribution < -0.4 is 0 Å². The minimum absolute atomic E-state index is 0.0940. The van der Waals surface area contributed by atoms with Gasteiger partial charge in [0.2, 0.25) is 0 Å². The fraction of sp³-hybridized carbons (Fsp3) is 0.500. The predicted molar refractivity (Wildman–Crippen MR) is 45.8 cm³/mol. The van der Waals surface area contributed by atoms with E-state index >= 15 is 0 Å². The first-order valence-electron chi connectivity index (χ1n) is 3.58. The molecule has 1 aromatic heterocycles. The zero-order valence-corrected chi connectivity index (χ0v) is 7.52. The molecule has 1 aromatic rings. The molecule has 0 aromatic carbocycles. The largest absolute Gasteiger partial charge is 0.303 e. The van der Waals surface area contributed by atoms with E-state index in [1.54, 1.807) is 11.3 Å². The molecule has 0 radical (unpaired) electrons. The van der Waals surface area contributed by atoms with E-state index in [0.29, 0.717) is 0 Å². The quantitative estimate of drug-likeness (QED) is 0.646. The van der Waals surface area contributed by atoms with Crippen molar-refractivity contribution in [2.45, 2.75) is 20.3 Å². The third kappa shape index (κ3) is 2.42. The van der Waals surface area contributed by atoms with Gasteiger partial charge in [-0.05, 0) is 13.3 Å². The van der Waals surface area contributed by atoms with Crippen molar-refractivity contribution >= 4 is 17.6 Å². The van der Waals surface area contributed by atoms with Crippen molar-refractivity contribution in [3.05, 3.63) is 16.1 Å². The molecule has 1 heterocycles. The van der Waals surface area contributed by atoms with Gasteiger partial charge in [0.25, 0.3) is 0 Å². The Hall–Kier alpha value is -0.700. The molecular weight excluding hydrogens is 158 g/mol. The number of carbonyl (C=O) groups is 1. The third-order valence-electron chi connectivity index (χ3n) is 1.43. The summed E-state index contributed by atoms with van der Waals surface area (Å²) in [5.74, 6) is 0.0940. The Morgan fingerprint density at radius 1 is 1.82 bits per heavy atom. The van der Waals surface area contributed by atoms with Gasteiger partial charge in [-0.3, -0.25) is 0 Å². The van der Waals surface area contributed by atoms with Crippen molar-refractivity contribution < 1.29 is 4.79 Å². The number of aromatic nitrogens is 1. The van der Waals surface area contributed by atoms with Crippen molar-refractivity contribution in [3.63, 3.8) is 0 Å². The molecule has 0 N–H and O–H groups in total. The second-order valence-electron chi connectivity index (χ2n) is 2.68. The molecule has 0 bridgehead atoms. The number of carbonyl (C=O) groups excluding carboxylic acids is 1. The van der Waals surface area contributed by atoms with E-state index in [1.807, 2.05) is 19.2 Å². The van der Waals surface area contributed by atoms with Crippen LogP contribution in [0.1, 0.15) is 17.6 Å². The van der Waals surface area contributed by atoms with Crippen LogP contribution in [0.4, 0.5) is 0 Å². The number of aldehydes is 1. The summed E-state index contributed by atoms with van der Waals surface area (Å²) in [4.78, 5) is 14.5. The molecule has 0 aliphatic heterocycles. The van der Waals surface area contributed by atoms with E-state index < -0.39 is 0 Å². The lowest BCUT2D eigenvalue weighted by atomic mass is 10.1. The van der Waals surface area contributed by atoms with E-state index in [0.717, 1.165) is 23.4 Å². The van der Waals surface area contributed by atoms with Crippen LogP contribution in [0.2, 0.25) is 0 Å². The van der Waals surface area contributed by atoms with Crippen molar-refractivity contribution in [2.24, 2.45) is 5.92 Å². The highest BCUT2D eigenvalue weighted by Gasteiger charge is 2.03. The Morgan fingerprint density at radius 2 is 2.55 bits per heavy atom. The Bertz CT molecular complexity index is 244. The monoisotopic (exact) mass is 169 g/mol. The molecule has 1 atom stereocenters. The maximum absolute atomic E-state index is 10.3. The normalized spacial score (nSPS) is 12.9. The van der Waals surface area contributed by atoms with Crippen molar-refractivity contribution in [3.8, 4) is 0 Å². The van der Waals surface area contributed by atoms with Crippen LogP contribution in [-0.2, 0) is 11.2 Å². The molecule has 60 valence electrons. The highest BCUT2D eigenvalue weighted by molar-refractivity contribution is 7.09. The SMILES string of the molecule is Cc1nc(CC(C)C=O)cs1. The minimum Gasteiger partial charge on any atom is -0.303 e. The number of thiazole rings is 1. The molecule has 11 heavy (non-hydrogen) atoms. The van der Waals surface area contributed by atoms with E-state index in [4.69, 9.17) is 0 Å². The Morgan fingerprint density at radius 3 is 3.00 bits per heavy atom. The molecule has 0 saturated carbocycles. The van der Waals surface area contributed by atoms with Crippen LogP contribution in [0.15, 0.2) is 5.38 Å². The van der Waals surface area contributed by atoms with E-state index in [2.05, 4.69) is 4.98 Å². The lowest BCUT2D eigenvalue weighted by Gasteiger charge is -1.97. The van der Waals surface area contributed by atoms with Crippen LogP contribution in [0, 0.1) is 12.8 Å². The first kappa shape index (κ1) is 8.40. The summed E-state index contributed by atoms with van der Waals surface area (Å²) in [6.07, 6.45) is 1.74. The van der Waals surface area contributed by atoms with Crippen molar-refractivity contribution in [1.82, 2.24) is 4.98 Å². The van der Waals surface area contributed by atoms with Gasteiger partial charge in [-0.2, -0.15) is 0 Å². The summed E-state index contributed by atoms with van der Waals surface area (Å²) in [5.41, 5.74) is 1.03. The van der Waals surface area contributed by atoms with Crippen LogP contribution in [0.25, 0.3) is 0 Å². The molecule has 1 rings (SSSR count). The number of aryl methyl sites for hydroxylation is 1. The summed E-state index contributed by atoms with van der Waals surface area (Å²) < 4.78 is 0. The summed E-state index contributed by atoms with van der Waals surface area (Å²) >= 11 is 1.63. The second-order valence-corrected chi connectivity index (χ2v) is 3.74. The van der Waals surface area contributed by atoms with Gasteiger partial charge >= 0.3 is 0 Å². The fourth-order valence-corrected chi connectivity index (χ4v) is 1.51. The zero-order valence-electron chi connectivity index (χ0n) is 6.70. The predicted octanol–water partition coefficient (Wildman–Crippen LogP) is 1.83. The van der Waals surface area contributed by atoms with Crippen molar-refractivity contribution in [1.29, 1.82) is 0 Å². The summed E-state index contributed by atoms with van der Waals surface area (Å²) in [7, 11) is 0. The maximum Gasteiger partial charge on any atom is 0.123 e. The molecule has 2 nitrogen and oxygen atoms in total. The van der Waals surface area contributed by atoms with Crippen LogP contribution in [-0.4, -0.2) is 11.3 Å². The minimum atomic E-state index is 0.0940. The average molecular weight is 169 g/mol. The molecule has 1 unspecified atom stereocenters. The van der Waals surface area contributed by atoms with E-state index in [9.17, 15) is 4.79 Å². The van der Waals surface area contributed by atoms with E-state index in [-0.39, 0.29) is 5.92 Å². The molecular formula is C8H11NOS. The van der Waals surface area contributed by atoms with Crippen LogP contribution in [0.3, 0.4) is 0 Å². The van der Waals surface area contributed by atoms with Crippen LogP contribution in [0.5, 0.6) is 0 Å². The van der Waals surface area contributed by atoms with Gasteiger partial charge in [0.05, 0.1) is 10.7 Å². The second kappa shape index (κ2) is 3.62. The first-order valence-corrected chi connectivity index (χ1v) is 4.46. The topological polar surface area (TPSA) is 30.0 Å². The fourth-order valence-electron chi connectivity index (χ4n) is 0.880. The molecule has 0 amide bonds. The lowest BCUT2D eigenvalue weighted by Crippen LogP contribution is -2.00. The zero-order chi connectivity index (χ0) is 8.27. The average Bonchev–Trinajstić information content (AvgIpc) is 2.35. The van der Waals surface area contributed by atoms with Gasteiger partial charge in [0.1, 0.15) is 6.29 Å². The Balaban J connectivity index is 2.57. The van der Waals surface area contributed by atoms with Crippen LogP contribution >= 0.6 is 11.3 Å². The molecule has 0 aliphatic carbocycles. The highest BCUT2D eigenvalue weighted by atomic mass is 32.1. The molecule has 3 heteroatoms. The van der Waals surface area contributed by atoms with Gasteiger partial charge in [0, 0.05) is 11.3 Å². The third-order valence-corrected chi connectivity index (χ3v) is 2.25. The number of hydrogen-bond acceptors (Lipinski definition) is 3. The van der Waals surface area contributed by atoms with E-state index in [1.165, 1.54) is 0 Å². The van der Waals surface area contributed by atoms with Crippen molar-refractivity contribution in [2.75, 3.05) is 0 Å². The molecule has 0 spiro atoms. The number of nitrogens with zero attached hydrogens (tertiary/aromatic N) is 1.